The van der Waals surface area contributed by atoms with E-state index in [9.17, 15) is 0 Å². The first-order valence-corrected chi connectivity index (χ1v) is 14.1. The van der Waals surface area contributed by atoms with E-state index in [0.717, 1.165) is 5.69 Å². The molecule has 0 atom stereocenters. The number of benzene rings is 8. The predicted octanol–water partition coefficient (Wildman–Crippen LogP) is 11.4. The van der Waals surface area contributed by atoms with E-state index in [1.54, 1.807) is 0 Å². The largest absolute Gasteiger partial charge is 0.309 e. The van der Waals surface area contributed by atoms with E-state index in [1.165, 1.54) is 65.6 Å². The Morgan fingerprint density at radius 3 is 1.29 bits per heavy atom. The van der Waals surface area contributed by atoms with Crippen molar-refractivity contribution in [2.24, 2.45) is 0 Å². The maximum atomic E-state index is 2.46. The molecule has 8 rings (SSSR count). The molecule has 0 heterocycles. The first-order chi connectivity index (χ1) is 20.3. The second-order valence-corrected chi connectivity index (χ2v) is 10.6. The summed E-state index contributed by atoms with van der Waals surface area (Å²) in [6.45, 7) is 0. The van der Waals surface area contributed by atoms with Crippen LogP contribution >= 0.6 is 0 Å². The molecule has 8 aromatic carbocycles. The first kappa shape index (κ1) is 23.5. The molecule has 0 N–H and O–H groups in total. The summed E-state index contributed by atoms with van der Waals surface area (Å²) in [5.41, 5.74) is 5.91. The molecule has 0 fully saturated rings. The van der Waals surface area contributed by atoms with Crippen LogP contribution in [-0.2, 0) is 0 Å². The van der Waals surface area contributed by atoms with E-state index in [1.807, 2.05) is 0 Å². The Labute approximate surface area is 239 Å². The van der Waals surface area contributed by atoms with Crippen molar-refractivity contribution in [2.45, 2.75) is 0 Å². The van der Waals surface area contributed by atoms with Crippen molar-refractivity contribution in [3.63, 3.8) is 0 Å². The summed E-state index contributed by atoms with van der Waals surface area (Å²) in [5.74, 6) is 0. The fourth-order valence-corrected chi connectivity index (χ4v) is 6.29. The van der Waals surface area contributed by atoms with Crippen molar-refractivity contribution >= 4 is 60.2 Å². The minimum Gasteiger partial charge on any atom is -0.309 e. The molecule has 0 aliphatic heterocycles. The monoisotopic (exact) mass is 521 g/mol. The van der Waals surface area contributed by atoms with Crippen LogP contribution in [-0.4, -0.2) is 0 Å². The Hall–Kier alpha value is -5.40. The summed E-state index contributed by atoms with van der Waals surface area (Å²) >= 11 is 0. The lowest BCUT2D eigenvalue weighted by atomic mass is 9.97. The highest BCUT2D eigenvalue weighted by Gasteiger charge is 2.20. The quantitative estimate of drug-likeness (QED) is 0.208. The van der Waals surface area contributed by atoms with Gasteiger partial charge in [-0.3, -0.25) is 0 Å². The zero-order chi connectivity index (χ0) is 27.2. The summed E-state index contributed by atoms with van der Waals surface area (Å²) in [5, 5.41) is 10.00. The smallest absolute Gasteiger partial charge is 0.0546 e. The maximum absolute atomic E-state index is 2.46. The highest BCUT2D eigenvalue weighted by molar-refractivity contribution is 6.19. The summed E-state index contributed by atoms with van der Waals surface area (Å²) in [6.07, 6.45) is 0. The molecule has 8 aromatic rings. The molecule has 0 bridgehead atoms. The standard InChI is InChI=1S/C40H27N/c1-2-10-28(11-3-1)29-24-26-34(27-25-29)41(37-18-8-14-32-22-20-30-12-4-6-16-35(30)39(32)37)38-19-9-15-33-23-21-31-13-5-7-17-36(31)40(33)38/h1-27H. The molecule has 0 amide bonds. The maximum Gasteiger partial charge on any atom is 0.0546 e. The van der Waals surface area contributed by atoms with Crippen LogP contribution in [0.15, 0.2) is 164 Å². The second-order valence-electron chi connectivity index (χ2n) is 10.6. The van der Waals surface area contributed by atoms with Crippen molar-refractivity contribution in [1.29, 1.82) is 0 Å². The van der Waals surface area contributed by atoms with Crippen molar-refractivity contribution in [3.8, 4) is 11.1 Å². The van der Waals surface area contributed by atoms with Crippen molar-refractivity contribution in [1.82, 2.24) is 0 Å². The summed E-state index contributed by atoms with van der Waals surface area (Å²) in [4.78, 5) is 2.46. The Bertz CT molecular complexity index is 2080. The number of hydrogen-bond acceptors (Lipinski definition) is 1. The molecular formula is C40H27N. The molecule has 41 heavy (non-hydrogen) atoms. The number of rotatable bonds is 4. The van der Waals surface area contributed by atoms with Crippen LogP contribution in [0.25, 0.3) is 54.2 Å². The minimum absolute atomic E-state index is 1.13. The fourth-order valence-electron chi connectivity index (χ4n) is 6.29. The average Bonchev–Trinajstić information content (AvgIpc) is 3.05. The van der Waals surface area contributed by atoms with Gasteiger partial charge < -0.3 is 4.90 Å². The number of fused-ring (bicyclic) bond motifs is 6. The highest BCUT2D eigenvalue weighted by atomic mass is 15.1. The highest BCUT2D eigenvalue weighted by Crippen LogP contribution is 2.45. The van der Waals surface area contributed by atoms with Crippen LogP contribution in [0.5, 0.6) is 0 Å². The summed E-state index contributed by atoms with van der Waals surface area (Å²) < 4.78 is 0. The molecule has 0 saturated carbocycles. The third-order valence-electron chi connectivity index (χ3n) is 8.21. The molecule has 0 saturated heterocycles. The van der Waals surface area contributed by atoms with Gasteiger partial charge in [-0.2, -0.15) is 0 Å². The van der Waals surface area contributed by atoms with E-state index in [-0.39, 0.29) is 0 Å². The van der Waals surface area contributed by atoms with Gasteiger partial charge in [0.2, 0.25) is 0 Å². The molecule has 1 nitrogen and oxygen atoms in total. The Balaban J connectivity index is 1.46. The summed E-state index contributed by atoms with van der Waals surface area (Å²) in [7, 11) is 0. The molecule has 0 aliphatic carbocycles. The van der Waals surface area contributed by atoms with Crippen LogP contribution in [0, 0.1) is 0 Å². The van der Waals surface area contributed by atoms with E-state index in [4.69, 9.17) is 0 Å². The number of nitrogens with zero attached hydrogens (tertiary/aromatic N) is 1. The Morgan fingerprint density at radius 2 is 0.732 bits per heavy atom. The Kier molecular flexibility index (Phi) is 5.53. The van der Waals surface area contributed by atoms with Crippen LogP contribution < -0.4 is 4.90 Å². The van der Waals surface area contributed by atoms with Gasteiger partial charge in [0, 0.05) is 16.5 Å². The second kappa shape index (κ2) is 9.66. The van der Waals surface area contributed by atoms with Gasteiger partial charge in [0.05, 0.1) is 11.4 Å². The minimum atomic E-state index is 1.13. The van der Waals surface area contributed by atoms with Crippen molar-refractivity contribution in [3.05, 3.63) is 164 Å². The number of hydrogen-bond donors (Lipinski definition) is 0. The molecular weight excluding hydrogens is 494 g/mol. The van der Waals surface area contributed by atoms with Crippen LogP contribution in [0.2, 0.25) is 0 Å². The van der Waals surface area contributed by atoms with Gasteiger partial charge in [-0.1, -0.05) is 140 Å². The third kappa shape index (κ3) is 3.94. The normalized spacial score (nSPS) is 11.4. The van der Waals surface area contributed by atoms with Gasteiger partial charge in [-0.15, -0.1) is 0 Å². The average molecular weight is 522 g/mol. The van der Waals surface area contributed by atoms with Crippen LogP contribution in [0.4, 0.5) is 17.1 Å². The molecule has 0 spiro atoms. The van der Waals surface area contributed by atoms with E-state index in [0.29, 0.717) is 0 Å². The molecule has 1 heteroatoms. The Morgan fingerprint density at radius 1 is 0.293 bits per heavy atom. The lowest BCUT2D eigenvalue weighted by Crippen LogP contribution is -2.11. The zero-order valence-corrected chi connectivity index (χ0v) is 22.5. The molecule has 0 aliphatic rings. The van der Waals surface area contributed by atoms with E-state index < -0.39 is 0 Å². The van der Waals surface area contributed by atoms with E-state index in [2.05, 4.69) is 169 Å². The van der Waals surface area contributed by atoms with Gasteiger partial charge in [-0.25, -0.2) is 0 Å². The van der Waals surface area contributed by atoms with Crippen molar-refractivity contribution in [2.75, 3.05) is 4.90 Å². The lowest BCUT2D eigenvalue weighted by molar-refractivity contribution is 1.32. The molecule has 192 valence electrons. The van der Waals surface area contributed by atoms with Crippen LogP contribution in [0.3, 0.4) is 0 Å². The molecule has 0 aromatic heterocycles. The summed E-state index contributed by atoms with van der Waals surface area (Å²) in [6, 6.07) is 59.3. The van der Waals surface area contributed by atoms with Gasteiger partial charge in [0.15, 0.2) is 0 Å². The van der Waals surface area contributed by atoms with E-state index >= 15 is 0 Å². The molecule has 0 radical (unpaired) electrons. The lowest BCUT2D eigenvalue weighted by Gasteiger charge is -2.29. The van der Waals surface area contributed by atoms with Gasteiger partial charge in [-0.05, 0) is 67.7 Å². The SMILES string of the molecule is c1ccc(-c2ccc(N(c3cccc4ccc5ccccc5c34)c3cccc4ccc5ccccc5c34)cc2)cc1. The topological polar surface area (TPSA) is 3.24 Å². The van der Waals surface area contributed by atoms with Crippen molar-refractivity contribution < 1.29 is 0 Å². The van der Waals surface area contributed by atoms with Gasteiger partial charge in [0.1, 0.15) is 0 Å². The zero-order valence-electron chi connectivity index (χ0n) is 22.5. The predicted molar refractivity (Wildman–Crippen MR) is 177 cm³/mol. The fraction of sp³-hybridized carbons (Fsp3) is 0. The third-order valence-corrected chi connectivity index (χ3v) is 8.21. The first-order valence-electron chi connectivity index (χ1n) is 14.1. The number of anilines is 3. The molecule has 0 unspecified atom stereocenters. The van der Waals surface area contributed by atoms with Gasteiger partial charge in [0.25, 0.3) is 0 Å². The van der Waals surface area contributed by atoms with Gasteiger partial charge >= 0.3 is 0 Å². The van der Waals surface area contributed by atoms with Crippen LogP contribution in [0.1, 0.15) is 0 Å².